The van der Waals surface area contributed by atoms with Crippen LogP contribution in [0.2, 0.25) is 0 Å². The van der Waals surface area contributed by atoms with E-state index in [4.69, 9.17) is 0 Å². The van der Waals surface area contributed by atoms with Crippen molar-refractivity contribution in [2.24, 2.45) is 0 Å². The highest BCUT2D eigenvalue weighted by Crippen LogP contribution is 1.98. The minimum Gasteiger partial charge on any atom is -0.341 e. The molecule has 19 heavy (non-hydrogen) atoms. The molecule has 0 saturated heterocycles. The van der Waals surface area contributed by atoms with Gasteiger partial charge in [-0.1, -0.05) is 62.4 Å². The molecule has 0 aromatic heterocycles. The lowest BCUT2D eigenvalue weighted by Crippen LogP contribution is -2.39. The second-order valence-electron chi connectivity index (χ2n) is 3.27. The highest BCUT2D eigenvalue weighted by atomic mass is 32.1. The van der Waals surface area contributed by atoms with E-state index in [-0.39, 0.29) is 6.54 Å². The van der Waals surface area contributed by atoms with Gasteiger partial charge in [0.15, 0.2) is 0 Å². The normalized spacial score (nSPS) is 11.2. The number of rotatable bonds is 4. The number of allylic oxidation sites excluding steroid dienone is 5. The van der Waals surface area contributed by atoms with Gasteiger partial charge in [0.1, 0.15) is 0 Å². The number of amides is 3. The number of nitrogens with zero attached hydrogens (tertiary/aromatic N) is 1. The second-order valence-corrected chi connectivity index (χ2v) is 3.65. The van der Waals surface area contributed by atoms with Gasteiger partial charge in [0, 0.05) is 13.6 Å². The Bertz CT molecular complexity index is 360. The summed E-state index contributed by atoms with van der Waals surface area (Å²) in [6.07, 6.45) is 9.25. The van der Waals surface area contributed by atoms with Crippen LogP contribution >= 0.6 is 12.6 Å². The summed E-state index contributed by atoms with van der Waals surface area (Å²) < 4.78 is 0. The summed E-state index contributed by atoms with van der Waals surface area (Å²) in [5.74, 6) is 0. The lowest BCUT2D eigenvalue weighted by atomic mass is 10.2. The number of thiol groups is 1. The van der Waals surface area contributed by atoms with Crippen molar-refractivity contribution < 1.29 is 9.59 Å². The number of hydrogen-bond acceptors (Lipinski definition) is 2. The maximum Gasteiger partial charge on any atom is 0.324 e. The SMILES string of the molecule is CC.C\C=C(C)/C=C\C=C\CN(C(=O)S)C(=O)NC. The molecule has 1 N–H and O–H groups in total. The average molecular weight is 284 g/mol. The Balaban J connectivity index is 0. The van der Waals surface area contributed by atoms with Gasteiger partial charge >= 0.3 is 6.03 Å². The summed E-state index contributed by atoms with van der Waals surface area (Å²) in [6.45, 7) is 8.13. The topological polar surface area (TPSA) is 49.4 Å². The first-order valence-corrected chi connectivity index (χ1v) is 6.66. The predicted molar refractivity (Wildman–Crippen MR) is 84.6 cm³/mol. The van der Waals surface area contributed by atoms with Gasteiger partial charge in [-0.25, -0.2) is 4.79 Å². The van der Waals surface area contributed by atoms with Crippen molar-refractivity contribution >= 4 is 23.9 Å². The molecule has 0 atom stereocenters. The maximum atomic E-state index is 11.3. The van der Waals surface area contributed by atoms with Crippen LogP contribution in [0.25, 0.3) is 0 Å². The maximum absolute atomic E-state index is 11.3. The fourth-order valence-corrected chi connectivity index (χ4v) is 1.10. The molecule has 4 nitrogen and oxygen atoms in total. The number of carbonyl (C=O) groups is 2. The Morgan fingerprint density at radius 3 is 2.26 bits per heavy atom. The molecular weight excluding hydrogens is 260 g/mol. The quantitative estimate of drug-likeness (QED) is 0.609. The van der Waals surface area contributed by atoms with E-state index in [9.17, 15) is 9.59 Å². The standard InChI is InChI=1S/C12H18N2O2S.C2H6/c1-4-10(2)8-6-5-7-9-14(12(16)17)11(15)13-3;1-2/h4-8H,9H2,1-3H3,(H,13,15)(H,16,17);1-2H3/b7-5+,8-6-,10-4-;. The Morgan fingerprint density at radius 1 is 1.26 bits per heavy atom. The molecule has 0 aliphatic rings. The molecule has 0 rings (SSSR count). The van der Waals surface area contributed by atoms with Crippen molar-refractivity contribution in [1.29, 1.82) is 0 Å². The Labute approximate surface area is 121 Å². The van der Waals surface area contributed by atoms with Crippen molar-refractivity contribution in [1.82, 2.24) is 10.2 Å². The largest absolute Gasteiger partial charge is 0.341 e. The third-order valence-electron chi connectivity index (χ3n) is 2.04. The minimum absolute atomic E-state index is 0.196. The van der Waals surface area contributed by atoms with Crippen molar-refractivity contribution in [3.8, 4) is 0 Å². The lowest BCUT2D eigenvalue weighted by Gasteiger charge is -2.14. The summed E-state index contributed by atoms with van der Waals surface area (Å²) in [5, 5.41) is 1.79. The third kappa shape index (κ3) is 10.1. The van der Waals surface area contributed by atoms with Gasteiger partial charge < -0.3 is 5.32 Å². The summed E-state index contributed by atoms with van der Waals surface area (Å²) in [5.41, 5.74) is 1.14. The van der Waals surface area contributed by atoms with Gasteiger partial charge in [0.2, 0.25) is 0 Å². The molecule has 108 valence electrons. The molecule has 0 fully saturated rings. The first-order valence-electron chi connectivity index (χ1n) is 6.21. The molecule has 0 saturated carbocycles. The first-order chi connectivity index (χ1) is 9.02. The molecule has 0 aromatic carbocycles. The van der Waals surface area contributed by atoms with Gasteiger partial charge in [0.25, 0.3) is 5.24 Å². The monoisotopic (exact) mass is 284 g/mol. The Kier molecular flexibility index (Phi) is 13.5. The zero-order chi connectivity index (χ0) is 15.3. The summed E-state index contributed by atoms with van der Waals surface area (Å²) >= 11 is 3.62. The smallest absolute Gasteiger partial charge is 0.324 e. The molecule has 0 aromatic rings. The van der Waals surface area contributed by atoms with E-state index in [0.29, 0.717) is 0 Å². The fraction of sp³-hybridized carbons (Fsp3) is 0.429. The lowest BCUT2D eigenvalue weighted by molar-refractivity contribution is 0.205. The molecule has 0 heterocycles. The fourth-order valence-electron chi connectivity index (χ4n) is 0.931. The molecular formula is C14H24N2O2S. The van der Waals surface area contributed by atoms with Crippen LogP contribution in [0.4, 0.5) is 9.59 Å². The zero-order valence-electron chi connectivity index (χ0n) is 12.3. The van der Waals surface area contributed by atoms with E-state index < -0.39 is 11.3 Å². The molecule has 0 unspecified atom stereocenters. The van der Waals surface area contributed by atoms with E-state index in [1.165, 1.54) is 7.05 Å². The van der Waals surface area contributed by atoms with Gasteiger partial charge in [0.05, 0.1) is 0 Å². The molecule has 5 heteroatoms. The van der Waals surface area contributed by atoms with E-state index in [1.807, 2.05) is 45.9 Å². The van der Waals surface area contributed by atoms with Crippen LogP contribution in [0, 0.1) is 0 Å². The van der Waals surface area contributed by atoms with E-state index in [1.54, 1.807) is 12.2 Å². The number of hydrogen-bond donors (Lipinski definition) is 2. The van der Waals surface area contributed by atoms with Crippen molar-refractivity contribution in [3.63, 3.8) is 0 Å². The molecule has 0 bridgehead atoms. The highest BCUT2D eigenvalue weighted by Gasteiger charge is 2.14. The minimum atomic E-state index is -0.581. The van der Waals surface area contributed by atoms with E-state index >= 15 is 0 Å². The zero-order valence-corrected chi connectivity index (χ0v) is 13.2. The Morgan fingerprint density at radius 2 is 1.84 bits per heavy atom. The van der Waals surface area contributed by atoms with Crippen molar-refractivity contribution in [2.75, 3.05) is 13.6 Å². The predicted octanol–water partition coefficient (Wildman–Crippen LogP) is 3.78. The highest BCUT2D eigenvalue weighted by molar-refractivity contribution is 7.96. The van der Waals surface area contributed by atoms with Crippen molar-refractivity contribution in [2.45, 2.75) is 27.7 Å². The summed E-state index contributed by atoms with van der Waals surface area (Å²) in [4.78, 5) is 23.3. The number of carbonyl (C=O) groups excluding carboxylic acids is 2. The van der Waals surface area contributed by atoms with Crippen LogP contribution < -0.4 is 5.32 Å². The number of imide groups is 1. The van der Waals surface area contributed by atoms with E-state index in [2.05, 4.69) is 17.9 Å². The molecule has 0 aliphatic carbocycles. The second kappa shape index (κ2) is 13.0. The van der Waals surface area contributed by atoms with Crippen LogP contribution in [-0.2, 0) is 0 Å². The molecule has 0 spiro atoms. The van der Waals surface area contributed by atoms with Gasteiger partial charge in [-0.2, -0.15) is 0 Å². The van der Waals surface area contributed by atoms with E-state index in [0.717, 1.165) is 10.5 Å². The molecule has 3 amide bonds. The summed E-state index contributed by atoms with van der Waals surface area (Å²) in [6, 6.07) is -0.469. The van der Waals surface area contributed by atoms with Crippen LogP contribution in [0.5, 0.6) is 0 Å². The first kappa shape index (κ1) is 19.8. The molecule has 0 aliphatic heterocycles. The van der Waals surface area contributed by atoms with Crippen LogP contribution in [0.1, 0.15) is 27.7 Å². The van der Waals surface area contributed by atoms with Crippen LogP contribution in [-0.4, -0.2) is 29.8 Å². The van der Waals surface area contributed by atoms with Gasteiger partial charge in [-0.3, -0.25) is 9.69 Å². The number of urea groups is 1. The summed E-state index contributed by atoms with van der Waals surface area (Å²) in [7, 11) is 1.46. The third-order valence-corrected chi connectivity index (χ3v) is 2.28. The van der Waals surface area contributed by atoms with Gasteiger partial charge in [-0.05, 0) is 13.8 Å². The van der Waals surface area contributed by atoms with Gasteiger partial charge in [-0.15, -0.1) is 0 Å². The average Bonchev–Trinajstić information content (AvgIpc) is 2.43. The van der Waals surface area contributed by atoms with Crippen molar-refractivity contribution in [3.05, 3.63) is 36.0 Å². The Hall–Kier alpha value is -1.49. The van der Waals surface area contributed by atoms with Crippen LogP contribution in [0.3, 0.4) is 0 Å². The van der Waals surface area contributed by atoms with Crippen LogP contribution in [0.15, 0.2) is 36.0 Å². The molecule has 0 radical (unpaired) electrons. The number of nitrogens with one attached hydrogen (secondary N) is 1.